The molecule has 2 amide bonds. The number of aromatic nitrogens is 1. The molecule has 5 nitrogen and oxygen atoms in total. The van der Waals surface area contributed by atoms with Gasteiger partial charge in [0.25, 0.3) is 0 Å². The molecule has 0 radical (unpaired) electrons. The maximum Gasteiger partial charge on any atom is 0.315 e. The van der Waals surface area contributed by atoms with Gasteiger partial charge in [-0.15, -0.1) is 0 Å². The van der Waals surface area contributed by atoms with Crippen LogP contribution in [0, 0.1) is 5.82 Å². The number of nitrogens with zero attached hydrogens (tertiary/aromatic N) is 1. The van der Waals surface area contributed by atoms with Gasteiger partial charge >= 0.3 is 11.8 Å². The Labute approximate surface area is 118 Å². The van der Waals surface area contributed by atoms with Crippen LogP contribution in [0.5, 0.6) is 0 Å². The summed E-state index contributed by atoms with van der Waals surface area (Å²) in [6, 6.07) is 8.49. The number of amides is 2. The quantitative estimate of drug-likeness (QED) is 0.836. The van der Waals surface area contributed by atoms with Gasteiger partial charge in [-0.2, -0.15) is 0 Å². The van der Waals surface area contributed by atoms with Crippen LogP contribution in [0.15, 0.2) is 42.6 Å². The number of nitrogens with one attached hydrogen (secondary N) is 2. The summed E-state index contributed by atoms with van der Waals surface area (Å²) in [7, 11) is 0. The van der Waals surface area contributed by atoms with Crippen molar-refractivity contribution in [3.8, 4) is 0 Å². The van der Waals surface area contributed by atoms with Gasteiger partial charge in [0.1, 0.15) is 11.6 Å². The molecule has 0 aliphatic carbocycles. The summed E-state index contributed by atoms with van der Waals surface area (Å²) in [5, 5.41) is 4.47. The zero-order valence-corrected chi connectivity index (χ0v) is 10.8. The van der Waals surface area contributed by atoms with E-state index in [-0.39, 0.29) is 16.5 Å². The fourth-order valence-electron chi connectivity index (χ4n) is 1.37. The first kappa shape index (κ1) is 14.0. The summed E-state index contributed by atoms with van der Waals surface area (Å²) < 4.78 is 13.0. The van der Waals surface area contributed by atoms with Crippen molar-refractivity contribution in [3.05, 3.63) is 53.4 Å². The Hall–Kier alpha value is -2.47. The number of hydrogen-bond acceptors (Lipinski definition) is 3. The van der Waals surface area contributed by atoms with E-state index in [2.05, 4.69) is 15.6 Å². The molecule has 2 N–H and O–H groups in total. The first-order valence-electron chi connectivity index (χ1n) is 5.54. The van der Waals surface area contributed by atoms with Crippen LogP contribution in [0.25, 0.3) is 0 Å². The number of hydrogen-bond donors (Lipinski definition) is 2. The summed E-state index contributed by atoms with van der Waals surface area (Å²) in [4.78, 5) is 27.1. The Morgan fingerprint density at radius 2 is 1.85 bits per heavy atom. The number of benzene rings is 1. The standard InChI is InChI=1S/C13H9ClFN3O2/c14-9-7-8(4-5-10(9)15)17-12(19)13(20)18-11-3-1-2-6-16-11/h1-7H,(H,17,19)(H,16,18,20). The molecular formula is C13H9ClFN3O2. The van der Waals surface area contributed by atoms with E-state index in [1.165, 1.54) is 18.3 Å². The predicted molar refractivity (Wildman–Crippen MR) is 72.9 cm³/mol. The van der Waals surface area contributed by atoms with E-state index in [0.29, 0.717) is 0 Å². The minimum absolute atomic E-state index is 0.145. The van der Waals surface area contributed by atoms with Crippen LogP contribution in [0.3, 0.4) is 0 Å². The van der Waals surface area contributed by atoms with Gasteiger partial charge in [0.2, 0.25) is 0 Å². The first-order valence-corrected chi connectivity index (χ1v) is 5.92. The second-order valence-electron chi connectivity index (χ2n) is 3.75. The summed E-state index contributed by atoms with van der Waals surface area (Å²) in [6.45, 7) is 0. The fourth-order valence-corrected chi connectivity index (χ4v) is 1.55. The van der Waals surface area contributed by atoms with E-state index in [9.17, 15) is 14.0 Å². The summed E-state index contributed by atoms with van der Waals surface area (Å²) in [5.74, 6) is -2.14. The number of carbonyl (C=O) groups is 2. The lowest BCUT2D eigenvalue weighted by molar-refractivity contribution is -0.133. The molecule has 1 heterocycles. The highest BCUT2D eigenvalue weighted by atomic mass is 35.5. The van der Waals surface area contributed by atoms with Gasteiger partial charge in [0.15, 0.2) is 0 Å². The average molecular weight is 294 g/mol. The van der Waals surface area contributed by atoms with Crippen LogP contribution in [0.1, 0.15) is 0 Å². The van der Waals surface area contributed by atoms with Crippen molar-refractivity contribution in [1.82, 2.24) is 4.98 Å². The van der Waals surface area contributed by atoms with Crippen LogP contribution >= 0.6 is 11.6 Å². The van der Waals surface area contributed by atoms with Gasteiger partial charge in [0.05, 0.1) is 5.02 Å². The SMILES string of the molecule is O=C(Nc1ccc(F)c(Cl)c1)C(=O)Nc1ccccn1. The smallest absolute Gasteiger partial charge is 0.315 e. The summed E-state index contributed by atoms with van der Waals surface area (Å²) in [6.07, 6.45) is 1.48. The third kappa shape index (κ3) is 3.52. The lowest BCUT2D eigenvalue weighted by Crippen LogP contribution is -2.29. The minimum atomic E-state index is -0.904. The molecule has 102 valence electrons. The van der Waals surface area contributed by atoms with Gasteiger partial charge in [0, 0.05) is 11.9 Å². The van der Waals surface area contributed by atoms with Crippen molar-refractivity contribution in [1.29, 1.82) is 0 Å². The Kier molecular flexibility index (Phi) is 4.27. The zero-order valence-electron chi connectivity index (χ0n) is 10.1. The van der Waals surface area contributed by atoms with Crippen LogP contribution in [-0.2, 0) is 9.59 Å². The average Bonchev–Trinajstić information content (AvgIpc) is 2.44. The van der Waals surface area contributed by atoms with Gasteiger partial charge in [-0.25, -0.2) is 9.37 Å². The van der Waals surface area contributed by atoms with E-state index in [1.807, 2.05) is 0 Å². The van der Waals surface area contributed by atoms with E-state index in [0.717, 1.165) is 6.07 Å². The highest BCUT2D eigenvalue weighted by Crippen LogP contribution is 2.19. The summed E-state index contributed by atoms with van der Waals surface area (Å²) >= 11 is 5.57. The van der Waals surface area contributed by atoms with Crippen molar-refractivity contribution >= 4 is 34.9 Å². The Bertz CT molecular complexity index is 649. The van der Waals surface area contributed by atoms with Gasteiger partial charge in [-0.1, -0.05) is 17.7 Å². The molecule has 20 heavy (non-hydrogen) atoms. The number of carbonyl (C=O) groups excluding carboxylic acids is 2. The van der Waals surface area contributed by atoms with Crippen LogP contribution in [0.2, 0.25) is 5.02 Å². The van der Waals surface area contributed by atoms with Gasteiger partial charge in [-0.3, -0.25) is 9.59 Å². The first-order chi connectivity index (χ1) is 9.56. The number of rotatable bonds is 2. The minimum Gasteiger partial charge on any atom is -0.318 e. The lowest BCUT2D eigenvalue weighted by atomic mass is 10.3. The molecule has 0 aliphatic heterocycles. The Balaban J connectivity index is 2.01. The van der Waals surface area contributed by atoms with E-state index >= 15 is 0 Å². The number of halogens is 2. The molecule has 0 bridgehead atoms. The molecular weight excluding hydrogens is 285 g/mol. The van der Waals surface area contributed by atoms with Crippen molar-refractivity contribution in [2.45, 2.75) is 0 Å². The molecule has 0 saturated carbocycles. The Morgan fingerprint density at radius 1 is 1.10 bits per heavy atom. The molecule has 1 aromatic heterocycles. The monoisotopic (exact) mass is 293 g/mol. The number of anilines is 2. The molecule has 0 saturated heterocycles. The lowest BCUT2D eigenvalue weighted by Gasteiger charge is -2.06. The molecule has 0 unspecified atom stereocenters. The fraction of sp³-hybridized carbons (Fsp3) is 0. The summed E-state index contributed by atoms with van der Waals surface area (Å²) in [5.41, 5.74) is 0.220. The van der Waals surface area contributed by atoms with Gasteiger partial charge in [-0.05, 0) is 30.3 Å². The van der Waals surface area contributed by atoms with Crippen LogP contribution in [0.4, 0.5) is 15.9 Å². The maximum atomic E-state index is 13.0. The molecule has 0 atom stereocenters. The molecule has 2 rings (SSSR count). The molecule has 0 spiro atoms. The molecule has 1 aromatic carbocycles. The highest BCUT2D eigenvalue weighted by Gasteiger charge is 2.14. The zero-order chi connectivity index (χ0) is 14.5. The van der Waals surface area contributed by atoms with E-state index in [1.54, 1.807) is 18.2 Å². The van der Waals surface area contributed by atoms with Crippen LogP contribution in [-0.4, -0.2) is 16.8 Å². The van der Waals surface area contributed by atoms with Crippen molar-refractivity contribution < 1.29 is 14.0 Å². The topological polar surface area (TPSA) is 71.1 Å². The van der Waals surface area contributed by atoms with E-state index < -0.39 is 17.6 Å². The second kappa shape index (κ2) is 6.12. The van der Waals surface area contributed by atoms with Crippen LogP contribution < -0.4 is 10.6 Å². The van der Waals surface area contributed by atoms with E-state index in [4.69, 9.17) is 11.6 Å². The molecule has 7 heteroatoms. The Morgan fingerprint density at radius 3 is 2.50 bits per heavy atom. The third-order valence-corrected chi connectivity index (χ3v) is 2.58. The van der Waals surface area contributed by atoms with Crippen molar-refractivity contribution in [2.75, 3.05) is 10.6 Å². The normalized spacial score (nSPS) is 9.90. The van der Waals surface area contributed by atoms with Crippen molar-refractivity contribution in [3.63, 3.8) is 0 Å². The molecule has 0 aliphatic rings. The molecule has 0 fully saturated rings. The van der Waals surface area contributed by atoms with Crippen molar-refractivity contribution in [2.24, 2.45) is 0 Å². The maximum absolute atomic E-state index is 13.0. The second-order valence-corrected chi connectivity index (χ2v) is 4.16. The van der Waals surface area contributed by atoms with Gasteiger partial charge < -0.3 is 10.6 Å². The molecule has 2 aromatic rings. The highest BCUT2D eigenvalue weighted by molar-refractivity contribution is 6.43. The largest absolute Gasteiger partial charge is 0.318 e. The number of pyridine rings is 1. The predicted octanol–water partition coefficient (Wildman–Crippen LogP) is 2.45. The third-order valence-electron chi connectivity index (χ3n) is 2.29.